The van der Waals surface area contributed by atoms with Crippen molar-refractivity contribution in [2.75, 3.05) is 0 Å². The molecule has 11 heavy (non-hydrogen) atoms. The summed E-state index contributed by atoms with van der Waals surface area (Å²) in [5.74, 6) is 0. The van der Waals surface area contributed by atoms with Crippen molar-refractivity contribution >= 4 is 22.6 Å². The maximum Gasteiger partial charge on any atom is 0.0222 e. The molecule has 0 saturated carbocycles. The third kappa shape index (κ3) is 2.33. The van der Waals surface area contributed by atoms with Crippen LogP contribution in [-0.4, -0.2) is 3.42 Å². The van der Waals surface area contributed by atoms with Crippen molar-refractivity contribution in [3.63, 3.8) is 0 Å². The fourth-order valence-corrected chi connectivity index (χ4v) is 1.70. The molecule has 0 N–H and O–H groups in total. The second-order valence-corrected chi connectivity index (χ2v) is 8.04. The van der Waals surface area contributed by atoms with E-state index in [1.165, 1.54) is 0 Å². The Bertz CT molecular complexity index is 116. The zero-order valence-corrected chi connectivity index (χ0v) is 11.0. The van der Waals surface area contributed by atoms with Crippen molar-refractivity contribution in [3.8, 4) is 0 Å². The first-order valence-corrected chi connectivity index (χ1v) is 5.27. The molecule has 0 aliphatic heterocycles. The fourth-order valence-electron chi connectivity index (χ4n) is 0.892. The van der Waals surface area contributed by atoms with Crippen molar-refractivity contribution in [1.29, 1.82) is 0 Å². The molecule has 0 unspecified atom stereocenters. The number of hydrogen-bond acceptors (Lipinski definition) is 0. The molecule has 0 aromatic rings. The van der Waals surface area contributed by atoms with E-state index in [0.29, 0.717) is 14.3 Å². The summed E-state index contributed by atoms with van der Waals surface area (Å²) in [6, 6.07) is 0. The molecule has 0 aromatic carbocycles. The molecular weight excluding hydrogens is 247 g/mol. The molecule has 0 heterocycles. The highest BCUT2D eigenvalue weighted by atomic mass is 127. The smallest absolute Gasteiger partial charge is 0.0222 e. The van der Waals surface area contributed by atoms with Gasteiger partial charge in [-0.3, -0.25) is 0 Å². The van der Waals surface area contributed by atoms with Crippen LogP contribution in [0.1, 0.15) is 48.5 Å². The Morgan fingerprint density at radius 2 is 1.00 bits per heavy atom. The van der Waals surface area contributed by atoms with Crippen molar-refractivity contribution in [1.82, 2.24) is 0 Å². The summed E-state index contributed by atoms with van der Waals surface area (Å²) in [5, 5.41) is 0. The average molecular weight is 268 g/mol. The molecule has 0 spiro atoms. The van der Waals surface area contributed by atoms with Gasteiger partial charge in [-0.1, -0.05) is 71.1 Å². The number of alkyl halides is 1. The lowest BCUT2D eigenvalue weighted by Crippen LogP contribution is -2.43. The lowest BCUT2D eigenvalue weighted by atomic mass is 9.63. The predicted molar refractivity (Wildman–Crippen MR) is 61.3 cm³/mol. The van der Waals surface area contributed by atoms with Gasteiger partial charge in [-0.2, -0.15) is 0 Å². The monoisotopic (exact) mass is 268 g/mol. The van der Waals surface area contributed by atoms with E-state index in [9.17, 15) is 0 Å². The van der Waals surface area contributed by atoms with Crippen molar-refractivity contribution < 1.29 is 0 Å². The lowest BCUT2D eigenvalue weighted by molar-refractivity contribution is 0.101. The van der Waals surface area contributed by atoms with Crippen LogP contribution >= 0.6 is 22.6 Å². The summed E-state index contributed by atoms with van der Waals surface area (Å²) in [6.45, 7) is 16.2. The van der Waals surface area contributed by atoms with Gasteiger partial charge in [0.1, 0.15) is 0 Å². The van der Waals surface area contributed by atoms with Gasteiger partial charge in [-0.25, -0.2) is 0 Å². The molecule has 0 amide bonds. The topological polar surface area (TPSA) is 0 Å². The van der Waals surface area contributed by atoms with E-state index in [2.05, 4.69) is 71.1 Å². The van der Waals surface area contributed by atoms with Crippen molar-refractivity contribution in [2.24, 2.45) is 10.8 Å². The summed E-state index contributed by atoms with van der Waals surface area (Å²) >= 11 is 2.54. The Morgan fingerprint density at radius 3 is 1.00 bits per heavy atom. The number of halogens is 1. The maximum absolute atomic E-state index is 2.54. The third-order valence-corrected chi connectivity index (χ3v) is 4.71. The largest absolute Gasteiger partial charge is 0.0789 e. The molecule has 0 saturated heterocycles. The van der Waals surface area contributed by atoms with Gasteiger partial charge in [-0.15, -0.1) is 0 Å². The van der Waals surface area contributed by atoms with E-state index in [1.807, 2.05) is 0 Å². The first-order valence-electron chi connectivity index (χ1n) is 4.19. The van der Waals surface area contributed by atoms with Gasteiger partial charge in [0.15, 0.2) is 0 Å². The van der Waals surface area contributed by atoms with Crippen LogP contribution in [0, 0.1) is 10.8 Å². The van der Waals surface area contributed by atoms with Crippen LogP contribution in [0.2, 0.25) is 0 Å². The predicted octanol–water partition coefficient (Wildman–Crippen LogP) is 4.27. The Morgan fingerprint density at radius 1 is 0.727 bits per heavy atom. The highest BCUT2D eigenvalue weighted by Crippen LogP contribution is 2.50. The molecule has 0 aliphatic rings. The fraction of sp³-hybridized carbons (Fsp3) is 1.00. The zero-order chi connectivity index (χ0) is 9.50. The minimum atomic E-state index is 0.350. The van der Waals surface area contributed by atoms with Gasteiger partial charge in [0.2, 0.25) is 0 Å². The normalized spacial score (nSPS) is 15.3. The molecule has 0 rings (SSSR count). The van der Waals surface area contributed by atoms with Gasteiger partial charge in [0.05, 0.1) is 0 Å². The minimum Gasteiger partial charge on any atom is -0.0789 e. The van der Waals surface area contributed by atoms with E-state index in [1.54, 1.807) is 0 Å². The molecular formula is C10H21I. The molecule has 0 atom stereocenters. The minimum absolute atomic E-state index is 0.350. The Balaban J connectivity index is 4.75. The Kier molecular flexibility index (Phi) is 3.09. The molecule has 1 heteroatoms. The van der Waals surface area contributed by atoms with Gasteiger partial charge in [0, 0.05) is 3.42 Å². The van der Waals surface area contributed by atoms with Crippen molar-refractivity contribution in [2.45, 2.75) is 51.9 Å². The maximum atomic E-state index is 2.54. The SMILES string of the molecule is CC(C)(C)C(C)(C)C(C)(C)I. The summed E-state index contributed by atoms with van der Waals surface area (Å²) in [7, 11) is 0. The second kappa shape index (κ2) is 2.90. The number of rotatable bonds is 1. The lowest BCUT2D eigenvalue weighted by Gasteiger charge is -2.47. The highest BCUT2D eigenvalue weighted by Gasteiger charge is 2.43. The molecule has 0 nitrogen and oxygen atoms in total. The van der Waals surface area contributed by atoms with E-state index in [-0.39, 0.29) is 0 Å². The van der Waals surface area contributed by atoms with Gasteiger partial charge in [0.25, 0.3) is 0 Å². The van der Waals surface area contributed by atoms with Gasteiger partial charge >= 0.3 is 0 Å². The third-order valence-electron chi connectivity index (χ3n) is 3.36. The van der Waals surface area contributed by atoms with Crippen LogP contribution in [-0.2, 0) is 0 Å². The first-order chi connectivity index (χ1) is 4.50. The molecule has 68 valence electrons. The van der Waals surface area contributed by atoms with Crippen LogP contribution in [0.15, 0.2) is 0 Å². The van der Waals surface area contributed by atoms with E-state index >= 15 is 0 Å². The molecule has 0 radical (unpaired) electrons. The first kappa shape index (κ1) is 11.7. The Labute approximate surface area is 85.3 Å². The Hall–Kier alpha value is 0.730. The molecule has 0 aromatic heterocycles. The van der Waals surface area contributed by atoms with Crippen LogP contribution in [0.25, 0.3) is 0 Å². The second-order valence-electron chi connectivity index (χ2n) is 5.35. The van der Waals surface area contributed by atoms with Crippen LogP contribution < -0.4 is 0 Å². The molecule has 0 fully saturated rings. The average Bonchev–Trinajstić information content (AvgIpc) is 1.58. The molecule has 0 bridgehead atoms. The van der Waals surface area contributed by atoms with Crippen LogP contribution in [0.4, 0.5) is 0 Å². The quantitative estimate of drug-likeness (QED) is 0.492. The summed E-state index contributed by atoms with van der Waals surface area (Å²) < 4.78 is 0.350. The van der Waals surface area contributed by atoms with Crippen molar-refractivity contribution in [3.05, 3.63) is 0 Å². The molecule has 0 aliphatic carbocycles. The van der Waals surface area contributed by atoms with Crippen LogP contribution in [0.3, 0.4) is 0 Å². The summed E-state index contributed by atoms with van der Waals surface area (Å²) in [5.41, 5.74) is 0.734. The van der Waals surface area contributed by atoms with E-state index in [0.717, 1.165) is 0 Å². The summed E-state index contributed by atoms with van der Waals surface area (Å²) in [4.78, 5) is 0. The zero-order valence-electron chi connectivity index (χ0n) is 8.88. The van der Waals surface area contributed by atoms with Gasteiger partial charge in [-0.05, 0) is 10.8 Å². The van der Waals surface area contributed by atoms with E-state index < -0.39 is 0 Å². The highest BCUT2D eigenvalue weighted by molar-refractivity contribution is 14.1. The standard InChI is InChI=1S/C10H21I/c1-8(2,3)9(4,5)10(6,7)11/h1-7H3. The van der Waals surface area contributed by atoms with Gasteiger partial charge < -0.3 is 0 Å². The number of hydrogen-bond donors (Lipinski definition) is 0. The van der Waals surface area contributed by atoms with Crippen LogP contribution in [0.5, 0.6) is 0 Å². The van der Waals surface area contributed by atoms with E-state index in [4.69, 9.17) is 0 Å². The summed E-state index contributed by atoms with van der Waals surface area (Å²) in [6.07, 6.45) is 0.